The molecule has 0 aromatic heterocycles. The van der Waals surface area contributed by atoms with Gasteiger partial charge in [0.25, 0.3) is 0 Å². The minimum atomic E-state index is -0.988. The molecule has 22 heavy (non-hydrogen) atoms. The number of esters is 2. The highest BCUT2D eigenvalue weighted by atomic mass is 19.1. The minimum Gasteiger partial charge on any atom is -0.468 e. The van der Waals surface area contributed by atoms with Crippen LogP contribution >= 0.6 is 0 Å². The van der Waals surface area contributed by atoms with Crippen LogP contribution in [0.2, 0.25) is 0 Å². The first-order chi connectivity index (χ1) is 10.4. The molecule has 0 spiro atoms. The molecule has 0 saturated heterocycles. The van der Waals surface area contributed by atoms with E-state index in [9.17, 15) is 18.8 Å². The number of carbonyl (C=O) groups is 3. The smallest absolute Gasteiger partial charge is 0.316 e. The number of hydrogen-bond donors (Lipinski definition) is 0. The molecule has 0 amide bonds. The minimum absolute atomic E-state index is 0.0813. The van der Waals surface area contributed by atoms with Crippen LogP contribution in [0.3, 0.4) is 0 Å². The van der Waals surface area contributed by atoms with Gasteiger partial charge >= 0.3 is 11.9 Å². The Kier molecular flexibility index (Phi) is 4.90. The van der Waals surface area contributed by atoms with Crippen LogP contribution in [0.25, 0.3) is 0 Å². The molecule has 1 aliphatic carbocycles. The van der Waals surface area contributed by atoms with Crippen molar-refractivity contribution in [2.24, 2.45) is 11.8 Å². The predicted octanol–water partition coefficient (Wildman–Crippen LogP) is 1.85. The van der Waals surface area contributed by atoms with E-state index in [1.165, 1.54) is 26.2 Å². The van der Waals surface area contributed by atoms with E-state index in [1.54, 1.807) is 12.1 Å². The molecule has 5 nitrogen and oxygen atoms in total. The third kappa shape index (κ3) is 3.32. The van der Waals surface area contributed by atoms with Crippen LogP contribution in [-0.4, -0.2) is 31.4 Å². The van der Waals surface area contributed by atoms with Crippen molar-refractivity contribution < 1.29 is 28.2 Å². The fourth-order valence-electron chi connectivity index (χ4n) is 2.93. The van der Waals surface area contributed by atoms with Crippen LogP contribution in [0.4, 0.5) is 4.39 Å². The van der Waals surface area contributed by atoms with Gasteiger partial charge in [0.05, 0.1) is 13.7 Å². The average Bonchev–Trinajstić information content (AvgIpc) is 2.81. The van der Waals surface area contributed by atoms with E-state index >= 15 is 0 Å². The van der Waals surface area contributed by atoms with Gasteiger partial charge in [0.2, 0.25) is 0 Å². The quantitative estimate of drug-likeness (QED) is 0.627. The summed E-state index contributed by atoms with van der Waals surface area (Å²) in [6.07, 6.45) is 0.0924. The summed E-state index contributed by atoms with van der Waals surface area (Å²) < 4.78 is 23.1. The van der Waals surface area contributed by atoms with Crippen LogP contribution in [0, 0.1) is 17.7 Å². The summed E-state index contributed by atoms with van der Waals surface area (Å²) in [5.41, 5.74) is 0.608. The molecule has 0 radical (unpaired) electrons. The zero-order valence-corrected chi connectivity index (χ0v) is 12.4. The molecule has 2 rings (SSSR count). The Labute approximate surface area is 127 Å². The highest BCUT2D eigenvalue weighted by molar-refractivity contribution is 6.01. The lowest BCUT2D eigenvalue weighted by atomic mass is 9.85. The lowest BCUT2D eigenvalue weighted by Gasteiger charge is -2.22. The molecule has 0 aliphatic heterocycles. The predicted molar refractivity (Wildman–Crippen MR) is 74.4 cm³/mol. The molecule has 6 heteroatoms. The summed E-state index contributed by atoms with van der Waals surface area (Å²) in [6.45, 7) is 1.17. The summed E-state index contributed by atoms with van der Waals surface area (Å²) in [5.74, 6) is -3.77. The van der Waals surface area contributed by atoms with Crippen molar-refractivity contribution in [3.8, 4) is 0 Å². The van der Waals surface area contributed by atoms with E-state index in [2.05, 4.69) is 4.74 Å². The van der Waals surface area contributed by atoms with Crippen molar-refractivity contribution in [1.82, 2.24) is 0 Å². The van der Waals surface area contributed by atoms with Gasteiger partial charge in [-0.1, -0.05) is 12.1 Å². The van der Waals surface area contributed by atoms with E-state index in [4.69, 9.17) is 4.74 Å². The third-order valence-electron chi connectivity index (χ3n) is 3.92. The average molecular weight is 308 g/mol. The fourth-order valence-corrected chi connectivity index (χ4v) is 2.93. The van der Waals surface area contributed by atoms with Crippen molar-refractivity contribution in [1.29, 1.82) is 0 Å². The number of hydrogen-bond acceptors (Lipinski definition) is 5. The van der Waals surface area contributed by atoms with Gasteiger partial charge in [0.1, 0.15) is 17.5 Å². The van der Waals surface area contributed by atoms with Crippen LogP contribution in [-0.2, 0) is 23.9 Å². The maximum atomic E-state index is 13.4. The standard InChI is InChI=1S/C16H17FO5/c1-9(18)22-8-13-12(10-4-3-5-11(17)6-10)7-14(19)15(13)16(20)21-2/h3-6,12-13,15H,7-8H2,1-2H3/t12-,13-,15?/m1/s1. The molecule has 0 bridgehead atoms. The Balaban J connectivity index is 2.32. The number of ketones is 1. The van der Waals surface area contributed by atoms with Gasteiger partial charge in [0, 0.05) is 19.3 Å². The molecule has 1 unspecified atom stereocenters. The second kappa shape index (κ2) is 6.68. The van der Waals surface area contributed by atoms with Crippen molar-refractivity contribution >= 4 is 17.7 Å². The molecule has 118 valence electrons. The highest BCUT2D eigenvalue weighted by Gasteiger charge is 2.48. The van der Waals surface area contributed by atoms with Crippen LogP contribution in [0.1, 0.15) is 24.8 Å². The van der Waals surface area contributed by atoms with Crippen molar-refractivity contribution in [2.45, 2.75) is 19.3 Å². The molecule has 1 aromatic carbocycles. The summed E-state index contributed by atoms with van der Waals surface area (Å²) in [6, 6.07) is 5.88. The van der Waals surface area contributed by atoms with Gasteiger partial charge < -0.3 is 9.47 Å². The molecule has 1 aliphatic rings. The number of benzene rings is 1. The molecule has 1 fully saturated rings. The van der Waals surface area contributed by atoms with E-state index in [0.717, 1.165) is 0 Å². The number of carbonyl (C=O) groups excluding carboxylic acids is 3. The van der Waals surface area contributed by atoms with Crippen LogP contribution < -0.4 is 0 Å². The summed E-state index contributed by atoms with van der Waals surface area (Å²) in [4.78, 5) is 35.1. The van der Waals surface area contributed by atoms with Crippen LogP contribution in [0.15, 0.2) is 24.3 Å². The zero-order valence-electron chi connectivity index (χ0n) is 12.4. The van der Waals surface area contributed by atoms with Gasteiger partial charge in [-0.05, 0) is 23.6 Å². The summed E-state index contributed by atoms with van der Waals surface area (Å²) in [5, 5.41) is 0. The molecule has 1 aromatic rings. The molecule has 0 heterocycles. The Hall–Kier alpha value is -2.24. The van der Waals surface area contributed by atoms with Crippen molar-refractivity contribution in [3.63, 3.8) is 0 Å². The molecular weight excluding hydrogens is 291 g/mol. The van der Waals surface area contributed by atoms with Gasteiger partial charge in [0.15, 0.2) is 0 Å². The number of halogens is 1. The Morgan fingerprint density at radius 3 is 2.68 bits per heavy atom. The highest BCUT2D eigenvalue weighted by Crippen LogP contribution is 2.42. The maximum Gasteiger partial charge on any atom is 0.316 e. The van der Waals surface area contributed by atoms with Crippen molar-refractivity contribution in [3.05, 3.63) is 35.6 Å². The maximum absolute atomic E-state index is 13.4. The van der Waals surface area contributed by atoms with E-state index < -0.39 is 29.6 Å². The Morgan fingerprint density at radius 1 is 1.36 bits per heavy atom. The van der Waals surface area contributed by atoms with E-state index in [-0.39, 0.29) is 24.7 Å². The van der Waals surface area contributed by atoms with Gasteiger partial charge in [-0.25, -0.2) is 4.39 Å². The van der Waals surface area contributed by atoms with Gasteiger partial charge in [-0.2, -0.15) is 0 Å². The molecule has 0 N–H and O–H groups in total. The summed E-state index contributed by atoms with van der Waals surface area (Å²) in [7, 11) is 1.20. The number of rotatable bonds is 4. The zero-order chi connectivity index (χ0) is 16.3. The first kappa shape index (κ1) is 16.1. The summed E-state index contributed by atoms with van der Waals surface area (Å²) >= 11 is 0. The van der Waals surface area contributed by atoms with Crippen LogP contribution in [0.5, 0.6) is 0 Å². The fraction of sp³-hybridized carbons (Fsp3) is 0.438. The van der Waals surface area contributed by atoms with E-state index in [1.807, 2.05) is 0 Å². The normalized spacial score (nSPS) is 24.1. The lowest BCUT2D eigenvalue weighted by molar-refractivity contribution is -0.153. The van der Waals surface area contributed by atoms with Gasteiger partial charge in [-0.3, -0.25) is 14.4 Å². The van der Waals surface area contributed by atoms with Crippen molar-refractivity contribution in [2.75, 3.05) is 13.7 Å². The Morgan fingerprint density at radius 2 is 2.09 bits per heavy atom. The monoisotopic (exact) mass is 308 g/mol. The Bertz CT molecular complexity index is 598. The second-order valence-corrected chi connectivity index (χ2v) is 5.30. The number of Topliss-reactive ketones (excluding diaryl/α,β-unsaturated/α-hetero) is 1. The topological polar surface area (TPSA) is 69.7 Å². The molecule has 3 atom stereocenters. The largest absolute Gasteiger partial charge is 0.468 e. The number of ether oxygens (including phenoxy) is 2. The van der Waals surface area contributed by atoms with E-state index in [0.29, 0.717) is 5.56 Å². The first-order valence-corrected chi connectivity index (χ1v) is 6.93. The number of methoxy groups -OCH3 is 1. The molecule has 1 saturated carbocycles. The molecular formula is C16H17FO5. The second-order valence-electron chi connectivity index (χ2n) is 5.30. The lowest BCUT2D eigenvalue weighted by Crippen LogP contribution is -2.30. The third-order valence-corrected chi connectivity index (χ3v) is 3.92. The van der Waals surface area contributed by atoms with Gasteiger partial charge in [-0.15, -0.1) is 0 Å². The first-order valence-electron chi connectivity index (χ1n) is 6.93. The SMILES string of the molecule is COC(=O)C1C(=O)C[C@H](c2cccc(F)c2)[C@H]1COC(C)=O.